The summed E-state index contributed by atoms with van der Waals surface area (Å²) in [7, 11) is 0. The highest BCUT2D eigenvalue weighted by Crippen LogP contribution is 2.25. The Morgan fingerprint density at radius 1 is 1.10 bits per heavy atom. The fourth-order valence-corrected chi connectivity index (χ4v) is 2.22. The van der Waals surface area contributed by atoms with Crippen LogP contribution in [0, 0.1) is 13.8 Å². The predicted octanol–water partition coefficient (Wildman–Crippen LogP) is 3.35. The van der Waals surface area contributed by atoms with Crippen molar-refractivity contribution < 1.29 is 9.53 Å². The molecule has 2 aromatic carbocycles. The molecule has 0 fully saturated rings. The molecule has 0 amide bonds. The number of carbonyl (C=O) groups is 1. The van der Waals surface area contributed by atoms with Crippen LogP contribution in [0.4, 0.5) is 5.69 Å². The molecule has 0 aliphatic heterocycles. The summed E-state index contributed by atoms with van der Waals surface area (Å²) >= 11 is 0. The van der Waals surface area contributed by atoms with E-state index >= 15 is 0 Å². The molecular formula is C17H20N2O2. The highest BCUT2D eigenvalue weighted by molar-refractivity contribution is 5.70. The van der Waals surface area contributed by atoms with Gasteiger partial charge in [-0.25, -0.2) is 5.43 Å². The zero-order chi connectivity index (χ0) is 15.2. The first-order chi connectivity index (χ1) is 10.1. The van der Waals surface area contributed by atoms with Crippen LogP contribution < -0.4 is 15.6 Å². The van der Waals surface area contributed by atoms with E-state index in [1.165, 1.54) is 6.92 Å². The predicted molar refractivity (Wildman–Crippen MR) is 84.1 cm³/mol. The molecule has 2 rings (SSSR count). The Labute approximate surface area is 125 Å². The van der Waals surface area contributed by atoms with Gasteiger partial charge in [0, 0.05) is 19.2 Å². The third-order valence-electron chi connectivity index (χ3n) is 3.06. The van der Waals surface area contributed by atoms with Gasteiger partial charge >= 0.3 is 5.97 Å². The first kappa shape index (κ1) is 15.1. The second-order valence-electron chi connectivity index (χ2n) is 5.00. The monoisotopic (exact) mass is 284 g/mol. The van der Waals surface area contributed by atoms with E-state index in [0.29, 0.717) is 12.3 Å². The van der Waals surface area contributed by atoms with Gasteiger partial charge in [0.25, 0.3) is 0 Å². The van der Waals surface area contributed by atoms with E-state index < -0.39 is 0 Å². The maximum Gasteiger partial charge on any atom is 0.308 e. The summed E-state index contributed by atoms with van der Waals surface area (Å²) in [5, 5.41) is 0. The lowest BCUT2D eigenvalue weighted by atomic mass is 10.1. The molecule has 0 aliphatic carbocycles. The molecule has 21 heavy (non-hydrogen) atoms. The third kappa shape index (κ3) is 4.33. The molecule has 0 saturated carbocycles. The first-order valence-corrected chi connectivity index (χ1v) is 6.88. The zero-order valence-corrected chi connectivity index (χ0v) is 12.6. The summed E-state index contributed by atoms with van der Waals surface area (Å²) in [4.78, 5) is 11.1. The van der Waals surface area contributed by atoms with Gasteiger partial charge in [-0.3, -0.25) is 4.79 Å². The minimum absolute atomic E-state index is 0.294. The van der Waals surface area contributed by atoms with Crippen LogP contribution in [0.2, 0.25) is 0 Å². The standard InChI is InChI=1S/C17H20N2O2/c1-12-9-15(10-13(2)17(12)21-14(3)20)11-18-19-16-7-5-4-6-8-16/h4-10,18-19H,11H2,1-3H3. The number of hydrogen-bond acceptors (Lipinski definition) is 4. The highest BCUT2D eigenvalue weighted by atomic mass is 16.5. The van der Waals surface area contributed by atoms with Crippen LogP contribution in [-0.4, -0.2) is 5.97 Å². The molecule has 0 aromatic heterocycles. The lowest BCUT2D eigenvalue weighted by Gasteiger charge is -2.13. The number of nitrogens with one attached hydrogen (secondary N) is 2. The Bertz CT molecular complexity index is 601. The Morgan fingerprint density at radius 3 is 2.29 bits per heavy atom. The summed E-state index contributed by atoms with van der Waals surface area (Å²) in [6.45, 7) is 5.98. The van der Waals surface area contributed by atoms with Gasteiger partial charge in [-0.2, -0.15) is 0 Å². The molecule has 0 aliphatic rings. The summed E-state index contributed by atoms with van der Waals surface area (Å²) in [5.41, 5.74) is 10.4. The number of para-hydroxylation sites is 1. The van der Waals surface area contributed by atoms with Crippen molar-refractivity contribution in [3.8, 4) is 5.75 Å². The van der Waals surface area contributed by atoms with Gasteiger partial charge in [-0.15, -0.1) is 0 Å². The molecule has 0 radical (unpaired) electrons. The van der Waals surface area contributed by atoms with Crippen LogP contribution in [0.1, 0.15) is 23.6 Å². The number of hydrazine groups is 1. The Balaban J connectivity index is 1.99. The Hall–Kier alpha value is -2.33. The van der Waals surface area contributed by atoms with Gasteiger partial charge in [-0.05, 0) is 42.7 Å². The van der Waals surface area contributed by atoms with Crippen molar-refractivity contribution in [1.29, 1.82) is 0 Å². The van der Waals surface area contributed by atoms with E-state index in [4.69, 9.17) is 4.74 Å². The molecule has 4 nitrogen and oxygen atoms in total. The topological polar surface area (TPSA) is 50.4 Å². The number of anilines is 1. The van der Waals surface area contributed by atoms with Crippen LogP contribution in [-0.2, 0) is 11.3 Å². The van der Waals surface area contributed by atoms with E-state index in [0.717, 1.165) is 22.4 Å². The normalized spacial score (nSPS) is 10.2. The molecule has 0 unspecified atom stereocenters. The van der Waals surface area contributed by atoms with E-state index in [-0.39, 0.29) is 5.97 Å². The van der Waals surface area contributed by atoms with Gasteiger partial charge in [0.05, 0.1) is 0 Å². The van der Waals surface area contributed by atoms with E-state index in [1.54, 1.807) is 0 Å². The second kappa shape index (κ2) is 6.90. The zero-order valence-electron chi connectivity index (χ0n) is 12.6. The van der Waals surface area contributed by atoms with Crippen molar-refractivity contribution in [2.24, 2.45) is 0 Å². The summed E-state index contributed by atoms with van der Waals surface area (Å²) in [6, 6.07) is 14.0. The molecule has 0 spiro atoms. The SMILES string of the molecule is CC(=O)Oc1c(C)cc(CNNc2ccccc2)cc1C. The quantitative estimate of drug-likeness (QED) is 0.502. The summed E-state index contributed by atoms with van der Waals surface area (Å²) in [6.07, 6.45) is 0. The average Bonchev–Trinajstić information content (AvgIpc) is 2.44. The maximum atomic E-state index is 11.1. The minimum Gasteiger partial charge on any atom is -0.426 e. The van der Waals surface area contributed by atoms with E-state index in [9.17, 15) is 4.79 Å². The number of benzene rings is 2. The summed E-state index contributed by atoms with van der Waals surface area (Å²) < 4.78 is 5.23. The van der Waals surface area contributed by atoms with Gasteiger partial charge in [0.15, 0.2) is 0 Å². The van der Waals surface area contributed by atoms with Crippen LogP contribution in [0.3, 0.4) is 0 Å². The number of aryl methyl sites for hydroxylation is 2. The van der Waals surface area contributed by atoms with Crippen molar-refractivity contribution >= 4 is 11.7 Å². The Morgan fingerprint density at radius 2 is 1.71 bits per heavy atom. The van der Waals surface area contributed by atoms with Gasteiger partial charge in [-0.1, -0.05) is 30.3 Å². The minimum atomic E-state index is -0.294. The molecule has 0 heterocycles. The first-order valence-electron chi connectivity index (χ1n) is 6.88. The fraction of sp³-hybridized carbons (Fsp3) is 0.235. The summed E-state index contributed by atoms with van der Waals surface area (Å²) in [5.74, 6) is 0.361. The highest BCUT2D eigenvalue weighted by Gasteiger charge is 2.08. The number of ether oxygens (including phenoxy) is 1. The number of hydrogen-bond donors (Lipinski definition) is 2. The van der Waals surface area contributed by atoms with Crippen LogP contribution >= 0.6 is 0 Å². The molecule has 110 valence electrons. The number of carbonyl (C=O) groups excluding carboxylic acids is 1. The molecule has 4 heteroatoms. The van der Waals surface area contributed by atoms with Crippen LogP contribution in [0.25, 0.3) is 0 Å². The van der Waals surface area contributed by atoms with E-state index in [2.05, 4.69) is 10.9 Å². The fourth-order valence-electron chi connectivity index (χ4n) is 2.22. The van der Waals surface area contributed by atoms with Gasteiger partial charge in [0.2, 0.25) is 0 Å². The molecule has 2 N–H and O–H groups in total. The van der Waals surface area contributed by atoms with Crippen molar-refractivity contribution in [3.63, 3.8) is 0 Å². The molecule has 0 bridgehead atoms. The van der Waals surface area contributed by atoms with Gasteiger partial charge < -0.3 is 10.2 Å². The molecule has 0 saturated heterocycles. The lowest BCUT2D eigenvalue weighted by Crippen LogP contribution is -2.21. The van der Waals surface area contributed by atoms with Gasteiger partial charge in [0.1, 0.15) is 5.75 Å². The average molecular weight is 284 g/mol. The van der Waals surface area contributed by atoms with E-state index in [1.807, 2.05) is 56.3 Å². The smallest absolute Gasteiger partial charge is 0.308 e. The third-order valence-corrected chi connectivity index (χ3v) is 3.06. The lowest BCUT2D eigenvalue weighted by molar-refractivity contribution is -0.131. The maximum absolute atomic E-state index is 11.1. The van der Waals surface area contributed by atoms with Crippen molar-refractivity contribution in [2.75, 3.05) is 5.43 Å². The second-order valence-corrected chi connectivity index (χ2v) is 5.00. The van der Waals surface area contributed by atoms with Crippen molar-refractivity contribution in [3.05, 3.63) is 59.2 Å². The van der Waals surface area contributed by atoms with Crippen molar-refractivity contribution in [1.82, 2.24) is 5.43 Å². The number of esters is 1. The molecule has 2 aromatic rings. The molecular weight excluding hydrogens is 264 g/mol. The van der Waals surface area contributed by atoms with Crippen LogP contribution in [0.5, 0.6) is 5.75 Å². The largest absolute Gasteiger partial charge is 0.426 e. The number of rotatable bonds is 5. The van der Waals surface area contributed by atoms with Crippen molar-refractivity contribution in [2.45, 2.75) is 27.3 Å². The molecule has 0 atom stereocenters. The Kier molecular flexibility index (Phi) is 4.95. The van der Waals surface area contributed by atoms with Crippen LogP contribution in [0.15, 0.2) is 42.5 Å².